The summed E-state index contributed by atoms with van der Waals surface area (Å²) < 4.78 is 10.9. The zero-order valence-corrected chi connectivity index (χ0v) is 13.5. The first-order valence-electron chi connectivity index (χ1n) is 7.76. The minimum absolute atomic E-state index is 0.263. The Kier molecular flexibility index (Phi) is 4.62. The van der Waals surface area contributed by atoms with Crippen molar-refractivity contribution in [3.63, 3.8) is 0 Å². The number of nitrogens with zero attached hydrogens (tertiary/aromatic N) is 3. The molecule has 1 aliphatic rings. The highest BCUT2D eigenvalue weighted by atomic mass is 16.5. The summed E-state index contributed by atoms with van der Waals surface area (Å²) in [6.45, 7) is 1.81. The fourth-order valence-electron chi connectivity index (χ4n) is 3.18. The van der Waals surface area contributed by atoms with Crippen molar-refractivity contribution in [2.75, 3.05) is 26.5 Å². The van der Waals surface area contributed by atoms with Crippen LogP contribution in [0.4, 0.5) is 5.82 Å². The second kappa shape index (κ2) is 6.83. The smallest absolute Gasteiger partial charge is 0.165 e. The maximum absolute atomic E-state index is 5.64. The molecule has 0 amide bonds. The summed E-state index contributed by atoms with van der Waals surface area (Å²) in [7, 11) is 3.33. The number of hydrogen-bond donors (Lipinski definition) is 1. The monoisotopic (exact) mass is 314 g/mol. The van der Waals surface area contributed by atoms with Gasteiger partial charge in [-0.2, -0.15) is 5.10 Å². The Morgan fingerprint density at radius 3 is 2.74 bits per heavy atom. The molecule has 1 atom stereocenters. The van der Waals surface area contributed by atoms with Gasteiger partial charge in [-0.25, -0.2) is 0 Å². The van der Waals surface area contributed by atoms with Crippen LogP contribution in [0.1, 0.15) is 30.1 Å². The van der Waals surface area contributed by atoms with E-state index < -0.39 is 0 Å². The second-order valence-corrected chi connectivity index (χ2v) is 5.66. The molecule has 6 nitrogen and oxygen atoms in total. The van der Waals surface area contributed by atoms with Gasteiger partial charge in [0.25, 0.3) is 0 Å². The molecular weight excluding hydrogens is 292 g/mol. The van der Waals surface area contributed by atoms with Crippen LogP contribution < -0.4 is 15.2 Å². The van der Waals surface area contributed by atoms with Gasteiger partial charge in [-0.3, -0.25) is 4.90 Å². The van der Waals surface area contributed by atoms with Gasteiger partial charge in [0.1, 0.15) is 5.82 Å². The summed E-state index contributed by atoms with van der Waals surface area (Å²) in [4.78, 5) is 2.40. The normalized spacial score (nSPS) is 18.1. The molecule has 1 aliphatic heterocycles. The average Bonchev–Trinajstić information content (AvgIpc) is 3.03. The molecule has 1 aromatic heterocycles. The van der Waals surface area contributed by atoms with Crippen molar-refractivity contribution in [3.05, 3.63) is 41.6 Å². The molecule has 1 aromatic carbocycles. The molecule has 1 unspecified atom stereocenters. The van der Waals surface area contributed by atoms with Gasteiger partial charge in [0, 0.05) is 12.1 Å². The minimum atomic E-state index is 0.263. The molecule has 2 N–H and O–H groups in total. The number of aromatic nitrogens is 2. The lowest BCUT2D eigenvalue weighted by molar-refractivity contribution is 0.238. The molecular formula is C17H22N4O2. The highest BCUT2D eigenvalue weighted by molar-refractivity contribution is 5.46. The van der Waals surface area contributed by atoms with E-state index in [1.54, 1.807) is 14.2 Å². The van der Waals surface area contributed by atoms with Gasteiger partial charge >= 0.3 is 0 Å². The number of benzene rings is 1. The number of nitrogens with two attached hydrogens (primary N) is 1. The van der Waals surface area contributed by atoms with E-state index in [4.69, 9.17) is 15.2 Å². The van der Waals surface area contributed by atoms with Crippen molar-refractivity contribution in [2.45, 2.75) is 25.4 Å². The van der Waals surface area contributed by atoms with Gasteiger partial charge in [0.2, 0.25) is 0 Å². The third-order valence-electron chi connectivity index (χ3n) is 4.27. The topological polar surface area (TPSA) is 73.5 Å². The SMILES string of the molecule is COc1cccc(CN2CCCC2c2ccc(N)nn2)c1OC. The number of rotatable bonds is 5. The number of likely N-dealkylation sites (tertiary alicyclic amines) is 1. The van der Waals surface area contributed by atoms with E-state index in [1.807, 2.05) is 24.3 Å². The molecule has 3 rings (SSSR count). The van der Waals surface area contributed by atoms with Gasteiger partial charge in [0.15, 0.2) is 11.5 Å². The molecule has 0 spiro atoms. The van der Waals surface area contributed by atoms with Crippen LogP contribution in [0.5, 0.6) is 11.5 Å². The van der Waals surface area contributed by atoms with Crippen LogP contribution in [0.2, 0.25) is 0 Å². The predicted octanol–water partition coefficient (Wildman–Crippen LogP) is 2.41. The molecule has 6 heteroatoms. The Morgan fingerprint density at radius 2 is 2.04 bits per heavy atom. The number of ether oxygens (including phenoxy) is 2. The number of para-hydroxylation sites is 1. The third-order valence-corrected chi connectivity index (χ3v) is 4.27. The summed E-state index contributed by atoms with van der Waals surface area (Å²) in [6.07, 6.45) is 2.22. The molecule has 0 bridgehead atoms. The number of methoxy groups -OCH3 is 2. The number of anilines is 1. The predicted molar refractivity (Wildman–Crippen MR) is 88.4 cm³/mol. The zero-order chi connectivity index (χ0) is 16.2. The van der Waals surface area contributed by atoms with Crippen LogP contribution in [-0.4, -0.2) is 35.9 Å². The van der Waals surface area contributed by atoms with Crippen LogP contribution in [0.25, 0.3) is 0 Å². The molecule has 0 aliphatic carbocycles. The molecule has 122 valence electrons. The fraction of sp³-hybridized carbons (Fsp3) is 0.412. The quantitative estimate of drug-likeness (QED) is 0.913. The molecule has 23 heavy (non-hydrogen) atoms. The fourth-order valence-corrected chi connectivity index (χ4v) is 3.18. The van der Waals surface area contributed by atoms with Crippen molar-refractivity contribution in [3.8, 4) is 11.5 Å². The standard InChI is InChI=1S/C17H22N4O2/c1-22-15-7-3-5-12(17(15)23-2)11-21-10-4-6-14(21)13-8-9-16(18)20-19-13/h3,5,7-9,14H,4,6,10-11H2,1-2H3,(H2,18,20). The van der Waals surface area contributed by atoms with Crippen molar-refractivity contribution >= 4 is 5.82 Å². The first kappa shape index (κ1) is 15.6. The molecule has 0 radical (unpaired) electrons. The molecule has 1 fully saturated rings. The van der Waals surface area contributed by atoms with Crippen LogP contribution in [-0.2, 0) is 6.54 Å². The largest absolute Gasteiger partial charge is 0.493 e. The highest BCUT2D eigenvalue weighted by Crippen LogP contribution is 2.36. The Labute approximate surface area is 136 Å². The maximum Gasteiger partial charge on any atom is 0.165 e. The molecule has 1 saturated heterocycles. The van der Waals surface area contributed by atoms with Gasteiger partial charge in [-0.1, -0.05) is 12.1 Å². The third kappa shape index (κ3) is 3.22. The average molecular weight is 314 g/mol. The number of nitrogen functional groups attached to an aromatic ring is 1. The first-order valence-corrected chi connectivity index (χ1v) is 7.76. The van der Waals surface area contributed by atoms with Crippen LogP contribution >= 0.6 is 0 Å². The molecule has 2 aromatic rings. The van der Waals surface area contributed by atoms with E-state index in [2.05, 4.69) is 21.2 Å². The van der Waals surface area contributed by atoms with Crippen molar-refractivity contribution in [1.82, 2.24) is 15.1 Å². The van der Waals surface area contributed by atoms with E-state index >= 15 is 0 Å². The van der Waals surface area contributed by atoms with E-state index in [-0.39, 0.29) is 6.04 Å². The second-order valence-electron chi connectivity index (χ2n) is 5.66. The molecule has 0 saturated carbocycles. The summed E-state index contributed by atoms with van der Waals surface area (Å²) >= 11 is 0. The van der Waals surface area contributed by atoms with Gasteiger partial charge in [0.05, 0.1) is 26.0 Å². The first-order chi connectivity index (χ1) is 11.2. The van der Waals surface area contributed by atoms with Gasteiger partial charge in [-0.05, 0) is 37.6 Å². The minimum Gasteiger partial charge on any atom is -0.493 e. The Bertz CT molecular complexity index is 660. The van der Waals surface area contributed by atoms with Gasteiger partial charge < -0.3 is 15.2 Å². The summed E-state index contributed by atoms with van der Waals surface area (Å²) in [5.74, 6) is 2.00. The van der Waals surface area contributed by atoms with E-state index in [0.717, 1.165) is 48.7 Å². The highest BCUT2D eigenvalue weighted by Gasteiger charge is 2.28. The van der Waals surface area contributed by atoms with E-state index in [0.29, 0.717) is 5.82 Å². The molecule has 2 heterocycles. The zero-order valence-electron chi connectivity index (χ0n) is 13.5. The summed E-state index contributed by atoms with van der Waals surface area (Å²) in [6, 6.07) is 10.0. The van der Waals surface area contributed by atoms with E-state index in [9.17, 15) is 0 Å². The van der Waals surface area contributed by atoms with Gasteiger partial charge in [-0.15, -0.1) is 5.10 Å². The van der Waals surface area contributed by atoms with Crippen LogP contribution in [0.15, 0.2) is 30.3 Å². The van der Waals surface area contributed by atoms with Crippen molar-refractivity contribution in [2.24, 2.45) is 0 Å². The Balaban J connectivity index is 1.83. The summed E-state index contributed by atoms with van der Waals surface area (Å²) in [5, 5.41) is 8.24. The van der Waals surface area contributed by atoms with Crippen molar-refractivity contribution < 1.29 is 9.47 Å². The van der Waals surface area contributed by atoms with Crippen LogP contribution in [0, 0.1) is 0 Å². The lowest BCUT2D eigenvalue weighted by Gasteiger charge is -2.25. The lowest BCUT2D eigenvalue weighted by atomic mass is 10.1. The lowest BCUT2D eigenvalue weighted by Crippen LogP contribution is -2.24. The Morgan fingerprint density at radius 1 is 1.17 bits per heavy atom. The van der Waals surface area contributed by atoms with Crippen LogP contribution in [0.3, 0.4) is 0 Å². The van der Waals surface area contributed by atoms with E-state index in [1.165, 1.54) is 0 Å². The Hall–Kier alpha value is -2.34. The number of hydrogen-bond acceptors (Lipinski definition) is 6. The maximum atomic E-state index is 5.64. The summed E-state index contributed by atoms with van der Waals surface area (Å²) in [5.41, 5.74) is 7.72. The van der Waals surface area contributed by atoms with Crippen molar-refractivity contribution in [1.29, 1.82) is 0 Å².